The average molecular weight is 379 g/mol. The number of aryl methyl sites for hydroxylation is 1. The van der Waals surface area contributed by atoms with E-state index in [-0.39, 0.29) is 11.9 Å². The van der Waals surface area contributed by atoms with Crippen LogP contribution in [-0.4, -0.2) is 11.9 Å². The minimum Gasteiger partial charge on any atom is -0.350 e. The van der Waals surface area contributed by atoms with Gasteiger partial charge in [0.1, 0.15) is 0 Å². The molecule has 104 valence electrons. The lowest BCUT2D eigenvalue weighted by Crippen LogP contribution is -2.33. The Labute approximate surface area is 133 Å². The zero-order chi connectivity index (χ0) is 14.4. The van der Waals surface area contributed by atoms with E-state index in [0.29, 0.717) is 0 Å². The van der Waals surface area contributed by atoms with E-state index in [2.05, 4.69) is 47.0 Å². The van der Waals surface area contributed by atoms with Crippen LogP contribution in [0.5, 0.6) is 0 Å². The van der Waals surface area contributed by atoms with Gasteiger partial charge in [-0.2, -0.15) is 0 Å². The highest BCUT2D eigenvalue weighted by Crippen LogP contribution is 2.12. The number of nitrogens with one attached hydrogen (secondary N) is 1. The molecule has 3 heteroatoms. The SMILES string of the molecule is C[C@H](CCc1ccccc1)NC(=O)c1ccccc1I. The Morgan fingerprint density at radius 1 is 1.10 bits per heavy atom. The molecule has 2 aromatic carbocycles. The minimum atomic E-state index is 0.00978. The highest BCUT2D eigenvalue weighted by atomic mass is 127. The molecular formula is C17H18INO. The third-order valence-electron chi connectivity index (χ3n) is 3.20. The van der Waals surface area contributed by atoms with E-state index in [0.717, 1.165) is 22.0 Å². The van der Waals surface area contributed by atoms with E-state index in [1.54, 1.807) is 0 Å². The molecule has 2 rings (SSSR count). The van der Waals surface area contributed by atoms with Crippen LogP contribution in [0, 0.1) is 3.57 Å². The first-order valence-corrected chi connectivity index (χ1v) is 7.84. The minimum absolute atomic E-state index is 0.00978. The molecule has 0 fully saturated rings. The summed E-state index contributed by atoms with van der Waals surface area (Å²) in [5, 5.41) is 3.06. The van der Waals surface area contributed by atoms with Crippen molar-refractivity contribution in [2.75, 3.05) is 0 Å². The van der Waals surface area contributed by atoms with Crippen LogP contribution >= 0.6 is 22.6 Å². The second-order valence-corrected chi connectivity index (χ2v) is 6.04. The lowest BCUT2D eigenvalue weighted by atomic mass is 10.1. The van der Waals surface area contributed by atoms with Gasteiger partial charge in [0.25, 0.3) is 5.91 Å². The number of halogens is 1. The van der Waals surface area contributed by atoms with Crippen molar-refractivity contribution in [1.82, 2.24) is 5.32 Å². The van der Waals surface area contributed by atoms with Crippen molar-refractivity contribution < 1.29 is 4.79 Å². The molecule has 0 unspecified atom stereocenters. The zero-order valence-corrected chi connectivity index (χ0v) is 13.6. The Balaban J connectivity index is 1.87. The molecular weight excluding hydrogens is 361 g/mol. The summed E-state index contributed by atoms with van der Waals surface area (Å²) in [6.07, 6.45) is 1.92. The second-order valence-electron chi connectivity index (χ2n) is 4.88. The summed E-state index contributed by atoms with van der Waals surface area (Å²) in [6.45, 7) is 2.05. The van der Waals surface area contributed by atoms with Gasteiger partial charge in [-0.3, -0.25) is 4.79 Å². The fourth-order valence-corrected chi connectivity index (χ4v) is 2.68. The largest absolute Gasteiger partial charge is 0.350 e. The molecule has 0 radical (unpaired) electrons. The number of benzene rings is 2. The quantitative estimate of drug-likeness (QED) is 0.781. The molecule has 0 bridgehead atoms. The summed E-state index contributed by atoms with van der Waals surface area (Å²) in [6, 6.07) is 18.2. The Morgan fingerprint density at radius 3 is 2.45 bits per heavy atom. The maximum absolute atomic E-state index is 12.2. The molecule has 0 aliphatic rings. The van der Waals surface area contributed by atoms with Gasteiger partial charge in [-0.1, -0.05) is 42.5 Å². The summed E-state index contributed by atoms with van der Waals surface area (Å²) in [4.78, 5) is 12.2. The van der Waals surface area contributed by atoms with E-state index in [9.17, 15) is 4.79 Å². The lowest BCUT2D eigenvalue weighted by molar-refractivity contribution is 0.0937. The maximum Gasteiger partial charge on any atom is 0.252 e. The predicted molar refractivity (Wildman–Crippen MR) is 90.9 cm³/mol. The molecule has 0 spiro atoms. The van der Waals surface area contributed by atoms with Crippen LogP contribution in [0.2, 0.25) is 0 Å². The number of hydrogen-bond acceptors (Lipinski definition) is 1. The maximum atomic E-state index is 12.2. The van der Waals surface area contributed by atoms with Gasteiger partial charge in [-0.15, -0.1) is 0 Å². The van der Waals surface area contributed by atoms with Crippen LogP contribution in [-0.2, 0) is 6.42 Å². The van der Waals surface area contributed by atoms with Crippen molar-refractivity contribution in [3.8, 4) is 0 Å². The molecule has 0 aromatic heterocycles. The number of carbonyl (C=O) groups excluding carboxylic acids is 1. The molecule has 1 N–H and O–H groups in total. The molecule has 0 aliphatic heterocycles. The summed E-state index contributed by atoms with van der Waals surface area (Å²) in [7, 11) is 0. The van der Waals surface area contributed by atoms with Crippen molar-refractivity contribution in [2.24, 2.45) is 0 Å². The molecule has 20 heavy (non-hydrogen) atoms. The molecule has 0 saturated heterocycles. The Kier molecular flexibility index (Phi) is 5.59. The van der Waals surface area contributed by atoms with Crippen LogP contribution in [0.4, 0.5) is 0 Å². The Morgan fingerprint density at radius 2 is 1.75 bits per heavy atom. The van der Waals surface area contributed by atoms with Gasteiger partial charge in [-0.05, 0) is 60.1 Å². The summed E-state index contributed by atoms with van der Waals surface area (Å²) < 4.78 is 0.984. The van der Waals surface area contributed by atoms with Crippen LogP contribution in [0.25, 0.3) is 0 Å². The normalized spacial score (nSPS) is 11.9. The van der Waals surface area contributed by atoms with Gasteiger partial charge < -0.3 is 5.32 Å². The van der Waals surface area contributed by atoms with E-state index >= 15 is 0 Å². The standard InChI is InChI=1S/C17H18INO/c1-13(11-12-14-7-3-2-4-8-14)19-17(20)15-9-5-6-10-16(15)18/h2-10,13H,11-12H2,1H3,(H,19,20)/t13-/m1/s1. The number of rotatable bonds is 5. The first-order chi connectivity index (χ1) is 9.66. The van der Waals surface area contributed by atoms with E-state index in [1.807, 2.05) is 42.5 Å². The molecule has 2 aromatic rings. The lowest BCUT2D eigenvalue weighted by Gasteiger charge is -2.14. The van der Waals surface area contributed by atoms with E-state index in [4.69, 9.17) is 0 Å². The molecule has 2 nitrogen and oxygen atoms in total. The number of amides is 1. The molecule has 1 amide bonds. The average Bonchev–Trinajstić information content (AvgIpc) is 2.46. The van der Waals surface area contributed by atoms with Gasteiger partial charge in [0.2, 0.25) is 0 Å². The van der Waals surface area contributed by atoms with Crippen LogP contribution in [0.1, 0.15) is 29.3 Å². The van der Waals surface area contributed by atoms with E-state index in [1.165, 1.54) is 5.56 Å². The van der Waals surface area contributed by atoms with Crippen molar-refractivity contribution >= 4 is 28.5 Å². The van der Waals surface area contributed by atoms with Crippen LogP contribution in [0.3, 0.4) is 0 Å². The third kappa shape index (κ3) is 4.34. The zero-order valence-electron chi connectivity index (χ0n) is 11.5. The summed E-state index contributed by atoms with van der Waals surface area (Å²) >= 11 is 2.19. The Hall–Kier alpha value is -1.36. The van der Waals surface area contributed by atoms with Crippen LogP contribution in [0.15, 0.2) is 54.6 Å². The van der Waals surface area contributed by atoms with Crippen molar-refractivity contribution in [3.63, 3.8) is 0 Å². The first kappa shape index (κ1) is 15.0. The second kappa shape index (κ2) is 7.43. The van der Waals surface area contributed by atoms with Crippen LogP contribution < -0.4 is 5.32 Å². The topological polar surface area (TPSA) is 29.1 Å². The van der Waals surface area contributed by atoms with Gasteiger partial charge >= 0.3 is 0 Å². The highest BCUT2D eigenvalue weighted by Gasteiger charge is 2.12. The number of hydrogen-bond donors (Lipinski definition) is 1. The fourth-order valence-electron chi connectivity index (χ4n) is 2.05. The van der Waals surface area contributed by atoms with Gasteiger partial charge in [0, 0.05) is 9.61 Å². The summed E-state index contributed by atoms with van der Waals surface area (Å²) in [5.74, 6) is 0.00978. The number of carbonyl (C=O) groups is 1. The highest BCUT2D eigenvalue weighted by molar-refractivity contribution is 14.1. The first-order valence-electron chi connectivity index (χ1n) is 6.76. The molecule has 0 aliphatic carbocycles. The third-order valence-corrected chi connectivity index (χ3v) is 4.15. The van der Waals surface area contributed by atoms with Gasteiger partial charge in [0.05, 0.1) is 5.56 Å². The summed E-state index contributed by atoms with van der Waals surface area (Å²) in [5.41, 5.74) is 2.06. The van der Waals surface area contributed by atoms with Crippen molar-refractivity contribution in [1.29, 1.82) is 0 Å². The van der Waals surface area contributed by atoms with Gasteiger partial charge in [0.15, 0.2) is 0 Å². The van der Waals surface area contributed by atoms with Gasteiger partial charge in [-0.25, -0.2) is 0 Å². The van der Waals surface area contributed by atoms with E-state index < -0.39 is 0 Å². The smallest absolute Gasteiger partial charge is 0.252 e. The van der Waals surface area contributed by atoms with Crippen molar-refractivity contribution in [2.45, 2.75) is 25.8 Å². The fraction of sp³-hybridized carbons (Fsp3) is 0.235. The Bertz CT molecular complexity index is 568. The molecule has 0 heterocycles. The molecule has 0 saturated carbocycles. The molecule has 1 atom stereocenters. The van der Waals surface area contributed by atoms with Crippen molar-refractivity contribution in [3.05, 3.63) is 69.3 Å². The monoisotopic (exact) mass is 379 g/mol. The predicted octanol–water partition coefficient (Wildman–Crippen LogP) is 4.04.